The Bertz CT molecular complexity index is 906. The van der Waals surface area contributed by atoms with E-state index in [0.717, 1.165) is 6.26 Å². The molecule has 2 aromatic carbocycles. The zero-order chi connectivity index (χ0) is 21.4. The van der Waals surface area contributed by atoms with Gasteiger partial charge < -0.3 is 19.5 Å². The molecule has 29 heavy (non-hydrogen) atoms. The van der Waals surface area contributed by atoms with Crippen LogP contribution in [0, 0.1) is 0 Å². The lowest BCUT2D eigenvalue weighted by atomic mass is 10.0. The van der Waals surface area contributed by atoms with Gasteiger partial charge in [-0.2, -0.15) is 0 Å². The Morgan fingerprint density at radius 1 is 0.966 bits per heavy atom. The first-order chi connectivity index (χ1) is 13.8. The highest BCUT2D eigenvalue weighted by Gasteiger charge is 2.20. The summed E-state index contributed by atoms with van der Waals surface area (Å²) >= 11 is 0. The average Bonchev–Trinajstić information content (AvgIpc) is 2.70. The molecule has 1 unspecified atom stereocenters. The van der Waals surface area contributed by atoms with Crippen LogP contribution >= 0.6 is 0 Å². The van der Waals surface area contributed by atoms with E-state index in [2.05, 4.69) is 10.0 Å². The molecular formula is C20H26N2O6S. The van der Waals surface area contributed by atoms with E-state index >= 15 is 0 Å². The van der Waals surface area contributed by atoms with Crippen molar-refractivity contribution in [1.29, 1.82) is 0 Å². The van der Waals surface area contributed by atoms with Gasteiger partial charge in [0, 0.05) is 6.42 Å². The zero-order valence-electron chi connectivity index (χ0n) is 16.9. The molecular weight excluding hydrogens is 396 g/mol. The van der Waals surface area contributed by atoms with Crippen LogP contribution in [0.5, 0.6) is 17.2 Å². The van der Waals surface area contributed by atoms with E-state index in [-0.39, 0.29) is 18.9 Å². The highest BCUT2D eigenvalue weighted by molar-refractivity contribution is 7.88. The molecule has 158 valence electrons. The Kier molecular flexibility index (Phi) is 7.86. The van der Waals surface area contributed by atoms with Crippen molar-refractivity contribution in [2.45, 2.75) is 19.0 Å². The van der Waals surface area contributed by atoms with Crippen LogP contribution in [0.15, 0.2) is 42.5 Å². The first-order valence-corrected chi connectivity index (χ1v) is 10.7. The second kappa shape index (κ2) is 10.1. The molecule has 0 aromatic heterocycles. The van der Waals surface area contributed by atoms with Gasteiger partial charge >= 0.3 is 0 Å². The minimum atomic E-state index is -3.52. The maximum Gasteiger partial charge on any atom is 0.222 e. The molecule has 0 saturated carbocycles. The lowest BCUT2D eigenvalue weighted by Crippen LogP contribution is -2.33. The van der Waals surface area contributed by atoms with Crippen molar-refractivity contribution in [2.75, 3.05) is 27.6 Å². The summed E-state index contributed by atoms with van der Waals surface area (Å²) in [5.41, 5.74) is 1.35. The molecule has 0 radical (unpaired) electrons. The fraction of sp³-hybridized carbons (Fsp3) is 0.350. The van der Waals surface area contributed by atoms with Crippen molar-refractivity contribution >= 4 is 15.9 Å². The molecule has 0 heterocycles. The Morgan fingerprint density at radius 3 is 2.03 bits per heavy atom. The predicted octanol–water partition coefficient (Wildman–Crippen LogP) is 2.01. The van der Waals surface area contributed by atoms with Gasteiger partial charge in [-0.3, -0.25) is 4.79 Å². The van der Waals surface area contributed by atoms with Crippen LogP contribution < -0.4 is 24.2 Å². The van der Waals surface area contributed by atoms with Crippen LogP contribution in [-0.4, -0.2) is 41.9 Å². The number of methoxy groups -OCH3 is 3. The molecule has 8 nitrogen and oxygen atoms in total. The van der Waals surface area contributed by atoms with Crippen molar-refractivity contribution in [3.05, 3.63) is 53.6 Å². The van der Waals surface area contributed by atoms with Gasteiger partial charge in [-0.1, -0.05) is 18.2 Å². The van der Waals surface area contributed by atoms with E-state index < -0.39 is 16.1 Å². The van der Waals surface area contributed by atoms with Crippen LogP contribution in [0.2, 0.25) is 0 Å². The quantitative estimate of drug-likeness (QED) is 0.607. The fourth-order valence-electron chi connectivity index (χ4n) is 2.87. The van der Waals surface area contributed by atoms with E-state index in [1.165, 1.54) is 14.2 Å². The summed E-state index contributed by atoms with van der Waals surface area (Å²) in [5, 5.41) is 2.80. The summed E-state index contributed by atoms with van der Waals surface area (Å²) in [6.45, 7) is 0.181. The van der Waals surface area contributed by atoms with E-state index in [1.54, 1.807) is 49.6 Å². The van der Waals surface area contributed by atoms with Crippen molar-refractivity contribution in [3.8, 4) is 17.2 Å². The number of carbonyl (C=O) groups excluding carboxylic acids is 1. The molecule has 1 amide bonds. The lowest BCUT2D eigenvalue weighted by Gasteiger charge is -2.19. The third kappa shape index (κ3) is 6.65. The number of nitrogens with one attached hydrogen (secondary N) is 2. The standard InChI is InChI=1S/C20H26N2O6S/c1-26-15-10-8-14(9-11-15)17(22-29(4,24)25)12-20(23)21-13-16-18(27-2)6-5-7-19(16)28-3/h5-11,17,22H,12-13H2,1-4H3,(H,21,23). The largest absolute Gasteiger partial charge is 0.497 e. The summed E-state index contributed by atoms with van der Waals surface area (Å²) in [4.78, 5) is 12.6. The molecule has 9 heteroatoms. The van der Waals surface area contributed by atoms with Gasteiger partial charge in [-0.15, -0.1) is 0 Å². The van der Waals surface area contributed by atoms with E-state index in [0.29, 0.717) is 28.4 Å². The number of sulfonamides is 1. The van der Waals surface area contributed by atoms with Gasteiger partial charge in [0.2, 0.25) is 15.9 Å². The number of benzene rings is 2. The highest BCUT2D eigenvalue weighted by atomic mass is 32.2. The molecule has 0 spiro atoms. The van der Waals surface area contributed by atoms with Crippen molar-refractivity contribution in [2.24, 2.45) is 0 Å². The highest BCUT2D eigenvalue weighted by Crippen LogP contribution is 2.28. The normalized spacial score (nSPS) is 12.1. The summed E-state index contributed by atoms with van der Waals surface area (Å²) in [5.74, 6) is 1.49. The Labute approximate surface area is 171 Å². The Hall–Kier alpha value is -2.78. The van der Waals surface area contributed by atoms with Gasteiger partial charge in [0.1, 0.15) is 17.2 Å². The van der Waals surface area contributed by atoms with Gasteiger partial charge in [0.05, 0.1) is 45.7 Å². The fourth-order valence-corrected chi connectivity index (χ4v) is 3.61. The van der Waals surface area contributed by atoms with Crippen LogP contribution in [0.25, 0.3) is 0 Å². The van der Waals surface area contributed by atoms with Crippen molar-refractivity contribution in [1.82, 2.24) is 10.0 Å². The minimum Gasteiger partial charge on any atom is -0.497 e. The van der Waals surface area contributed by atoms with Crippen LogP contribution in [0.1, 0.15) is 23.6 Å². The third-order valence-corrected chi connectivity index (χ3v) is 4.97. The number of rotatable bonds is 10. The minimum absolute atomic E-state index is 0.0726. The summed E-state index contributed by atoms with van der Waals surface area (Å²) < 4.78 is 41.8. The first kappa shape index (κ1) is 22.5. The third-order valence-electron chi connectivity index (χ3n) is 4.26. The second-order valence-electron chi connectivity index (χ2n) is 6.34. The van der Waals surface area contributed by atoms with Gasteiger partial charge in [0.25, 0.3) is 0 Å². The molecule has 2 N–H and O–H groups in total. The number of hydrogen-bond donors (Lipinski definition) is 2. The molecule has 1 atom stereocenters. The zero-order valence-corrected chi connectivity index (χ0v) is 17.7. The van der Waals surface area contributed by atoms with E-state index in [1.807, 2.05) is 0 Å². The van der Waals surface area contributed by atoms with Crippen molar-refractivity contribution in [3.63, 3.8) is 0 Å². The molecule has 0 fully saturated rings. The smallest absolute Gasteiger partial charge is 0.222 e. The maximum absolute atomic E-state index is 12.6. The maximum atomic E-state index is 12.6. The van der Waals surface area contributed by atoms with Crippen LogP contribution in [0.4, 0.5) is 0 Å². The molecule has 0 aliphatic rings. The van der Waals surface area contributed by atoms with Gasteiger partial charge in [-0.05, 0) is 29.8 Å². The number of carbonyl (C=O) groups is 1. The molecule has 0 bridgehead atoms. The predicted molar refractivity (Wildman–Crippen MR) is 110 cm³/mol. The van der Waals surface area contributed by atoms with Gasteiger partial charge in [-0.25, -0.2) is 13.1 Å². The van der Waals surface area contributed by atoms with Crippen LogP contribution in [0.3, 0.4) is 0 Å². The monoisotopic (exact) mass is 422 g/mol. The lowest BCUT2D eigenvalue weighted by molar-refractivity contribution is -0.121. The molecule has 2 aromatic rings. The summed E-state index contributed by atoms with van der Waals surface area (Å²) in [6, 6.07) is 11.5. The molecule has 2 rings (SSSR count). The topological polar surface area (TPSA) is 103 Å². The molecule has 0 aliphatic carbocycles. The average molecular weight is 423 g/mol. The van der Waals surface area contributed by atoms with Crippen LogP contribution in [-0.2, 0) is 21.4 Å². The first-order valence-electron chi connectivity index (χ1n) is 8.85. The molecule has 0 aliphatic heterocycles. The Morgan fingerprint density at radius 2 is 1.55 bits per heavy atom. The number of ether oxygens (including phenoxy) is 3. The SMILES string of the molecule is COc1ccc(C(CC(=O)NCc2c(OC)cccc2OC)NS(C)(=O)=O)cc1. The van der Waals surface area contributed by atoms with E-state index in [9.17, 15) is 13.2 Å². The second-order valence-corrected chi connectivity index (χ2v) is 8.12. The summed E-state index contributed by atoms with van der Waals surface area (Å²) in [7, 11) is 1.10. The Balaban J connectivity index is 2.14. The van der Waals surface area contributed by atoms with Gasteiger partial charge in [0.15, 0.2) is 0 Å². The number of hydrogen-bond acceptors (Lipinski definition) is 6. The summed E-state index contributed by atoms with van der Waals surface area (Å²) in [6.07, 6.45) is 0.984. The van der Waals surface area contributed by atoms with Crippen molar-refractivity contribution < 1.29 is 27.4 Å². The van der Waals surface area contributed by atoms with E-state index in [4.69, 9.17) is 14.2 Å². The molecule has 0 saturated heterocycles. The number of amides is 1.